The summed E-state index contributed by atoms with van der Waals surface area (Å²) in [6, 6.07) is 22.2. The van der Waals surface area contributed by atoms with Crippen molar-refractivity contribution < 1.29 is 13.9 Å². The Morgan fingerprint density at radius 2 is 1.68 bits per heavy atom. The van der Waals surface area contributed by atoms with Crippen molar-refractivity contribution in [2.45, 2.75) is 6.92 Å². The van der Waals surface area contributed by atoms with E-state index in [1.54, 1.807) is 29.2 Å². The molecule has 5 heteroatoms. The fourth-order valence-electron chi connectivity index (χ4n) is 3.20. The summed E-state index contributed by atoms with van der Waals surface area (Å²) in [5.41, 5.74) is 0.841. The first-order valence-corrected chi connectivity index (χ1v) is 9.10. The molecule has 0 aliphatic carbocycles. The molecular formula is C23H19NO4. The molecule has 1 heterocycles. The second-order valence-electron chi connectivity index (χ2n) is 6.41. The first-order valence-electron chi connectivity index (χ1n) is 9.10. The fourth-order valence-corrected chi connectivity index (χ4v) is 3.20. The molecule has 0 N–H and O–H groups in total. The highest BCUT2D eigenvalue weighted by Gasteiger charge is 2.15. The van der Waals surface area contributed by atoms with Crippen LogP contribution in [0.5, 0.6) is 5.75 Å². The summed E-state index contributed by atoms with van der Waals surface area (Å²) in [6.45, 7) is 2.36. The van der Waals surface area contributed by atoms with Crippen molar-refractivity contribution in [2.24, 2.45) is 0 Å². The van der Waals surface area contributed by atoms with Crippen LogP contribution >= 0.6 is 0 Å². The van der Waals surface area contributed by atoms with E-state index in [0.29, 0.717) is 17.9 Å². The van der Waals surface area contributed by atoms with Gasteiger partial charge in [0.05, 0.1) is 0 Å². The van der Waals surface area contributed by atoms with Gasteiger partial charge in [0.1, 0.15) is 11.3 Å². The summed E-state index contributed by atoms with van der Waals surface area (Å²) in [5, 5.41) is 3.00. The van der Waals surface area contributed by atoms with Crippen LogP contribution in [0.1, 0.15) is 6.92 Å². The van der Waals surface area contributed by atoms with Gasteiger partial charge in [-0.1, -0.05) is 30.3 Å². The lowest BCUT2D eigenvalue weighted by atomic mass is 10.1. The molecule has 0 aliphatic rings. The van der Waals surface area contributed by atoms with Crippen LogP contribution in [0.2, 0.25) is 0 Å². The summed E-state index contributed by atoms with van der Waals surface area (Å²) in [5.74, 6) is 0.331. The molecule has 0 atom stereocenters. The van der Waals surface area contributed by atoms with Crippen molar-refractivity contribution in [1.29, 1.82) is 0 Å². The predicted molar refractivity (Wildman–Crippen MR) is 110 cm³/mol. The van der Waals surface area contributed by atoms with E-state index in [2.05, 4.69) is 0 Å². The highest BCUT2D eigenvalue weighted by molar-refractivity contribution is 5.97. The molecule has 0 unspecified atom stereocenters. The van der Waals surface area contributed by atoms with Crippen molar-refractivity contribution in [2.75, 3.05) is 18.1 Å². The van der Waals surface area contributed by atoms with Gasteiger partial charge in [-0.25, -0.2) is 4.79 Å². The molecule has 0 radical (unpaired) electrons. The second kappa shape index (κ2) is 7.56. The minimum atomic E-state index is -0.422. The molecule has 3 aromatic carbocycles. The van der Waals surface area contributed by atoms with Crippen LogP contribution in [0.3, 0.4) is 0 Å². The molecule has 1 aromatic heterocycles. The average molecular weight is 373 g/mol. The number of carbonyl (C=O) groups is 1. The van der Waals surface area contributed by atoms with Crippen molar-refractivity contribution in [1.82, 2.24) is 0 Å². The predicted octanol–water partition coefficient (Wildman–Crippen LogP) is 4.38. The Kier molecular flexibility index (Phi) is 4.81. The number of hydrogen-bond donors (Lipinski definition) is 0. The van der Waals surface area contributed by atoms with E-state index in [1.807, 2.05) is 49.4 Å². The number of rotatable bonds is 5. The maximum absolute atomic E-state index is 12.7. The Labute approximate surface area is 161 Å². The number of ether oxygens (including phenoxy) is 1. The van der Waals surface area contributed by atoms with Crippen molar-refractivity contribution in [3.05, 3.63) is 83.2 Å². The van der Waals surface area contributed by atoms with Gasteiger partial charge < -0.3 is 14.1 Å². The molecule has 0 bridgehead atoms. The van der Waals surface area contributed by atoms with Gasteiger partial charge in [-0.05, 0) is 48.0 Å². The van der Waals surface area contributed by atoms with E-state index in [4.69, 9.17) is 9.15 Å². The fraction of sp³-hybridized carbons (Fsp3) is 0.130. The number of hydrogen-bond acceptors (Lipinski definition) is 4. The van der Waals surface area contributed by atoms with Gasteiger partial charge >= 0.3 is 5.63 Å². The third-order valence-corrected chi connectivity index (χ3v) is 4.62. The van der Waals surface area contributed by atoms with Crippen molar-refractivity contribution >= 4 is 33.3 Å². The van der Waals surface area contributed by atoms with E-state index in [1.165, 1.54) is 6.07 Å². The van der Waals surface area contributed by atoms with E-state index in [9.17, 15) is 9.59 Å². The quantitative estimate of drug-likeness (QED) is 0.487. The second-order valence-corrected chi connectivity index (χ2v) is 6.41. The van der Waals surface area contributed by atoms with E-state index < -0.39 is 5.63 Å². The normalized spacial score (nSPS) is 10.9. The Bertz CT molecular complexity index is 1210. The van der Waals surface area contributed by atoms with Crippen molar-refractivity contribution in [3.63, 3.8) is 0 Å². The van der Waals surface area contributed by atoms with Gasteiger partial charge in [0.25, 0.3) is 5.91 Å². The summed E-state index contributed by atoms with van der Waals surface area (Å²) >= 11 is 0. The summed E-state index contributed by atoms with van der Waals surface area (Å²) in [4.78, 5) is 25.8. The van der Waals surface area contributed by atoms with Crippen LogP contribution in [0, 0.1) is 0 Å². The summed E-state index contributed by atoms with van der Waals surface area (Å²) < 4.78 is 10.8. The first-order chi connectivity index (χ1) is 13.6. The lowest BCUT2D eigenvalue weighted by Gasteiger charge is -2.21. The topological polar surface area (TPSA) is 59.8 Å². The lowest BCUT2D eigenvalue weighted by molar-refractivity contribution is -0.120. The van der Waals surface area contributed by atoms with E-state index in [-0.39, 0.29) is 12.5 Å². The number of amides is 1. The molecule has 4 aromatic rings. The maximum Gasteiger partial charge on any atom is 0.336 e. The van der Waals surface area contributed by atoms with Crippen LogP contribution in [0.4, 0.5) is 5.69 Å². The van der Waals surface area contributed by atoms with Crippen LogP contribution in [0.15, 0.2) is 82.0 Å². The van der Waals surface area contributed by atoms with Gasteiger partial charge in [-0.3, -0.25) is 4.79 Å². The Morgan fingerprint density at radius 1 is 0.929 bits per heavy atom. The molecule has 5 nitrogen and oxygen atoms in total. The molecule has 4 rings (SSSR count). The van der Waals surface area contributed by atoms with Gasteiger partial charge in [0.2, 0.25) is 0 Å². The summed E-state index contributed by atoms with van der Waals surface area (Å²) in [6.07, 6.45) is 0. The molecule has 28 heavy (non-hydrogen) atoms. The number of nitrogens with zero attached hydrogens (tertiary/aromatic N) is 1. The largest absolute Gasteiger partial charge is 0.484 e. The van der Waals surface area contributed by atoms with Crippen LogP contribution in [-0.4, -0.2) is 19.1 Å². The third-order valence-electron chi connectivity index (χ3n) is 4.62. The average Bonchev–Trinajstić information content (AvgIpc) is 2.72. The number of likely N-dealkylation sites (N-methyl/N-ethyl adjacent to an activating group) is 1. The number of benzene rings is 3. The smallest absolute Gasteiger partial charge is 0.336 e. The highest BCUT2D eigenvalue weighted by Crippen LogP contribution is 2.23. The molecular weight excluding hydrogens is 354 g/mol. The molecule has 0 saturated carbocycles. The van der Waals surface area contributed by atoms with Crippen LogP contribution in [0.25, 0.3) is 21.7 Å². The van der Waals surface area contributed by atoms with Crippen LogP contribution < -0.4 is 15.3 Å². The van der Waals surface area contributed by atoms with Gasteiger partial charge in [-0.2, -0.15) is 0 Å². The molecule has 1 amide bonds. The lowest BCUT2D eigenvalue weighted by Crippen LogP contribution is -2.34. The standard InChI is InChI=1S/C23H19NO4/c1-2-24(19-10-7-16-5-3-4-6-18(16)13-19)22(25)15-27-20-11-8-17-9-12-23(26)28-21(17)14-20/h3-14H,2,15H2,1H3. The molecule has 0 saturated heterocycles. The minimum absolute atomic E-state index is 0.108. The zero-order valence-corrected chi connectivity index (χ0v) is 15.4. The SMILES string of the molecule is CCN(C(=O)COc1ccc2ccc(=O)oc2c1)c1ccc2ccccc2c1. The molecule has 0 spiro atoms. The molecule has 0 aliphatic heterocycles. The monoisotopic (exact) mass is 373 g/mol. The Hall–Kier alpha value is -3.60. The third kappa shape index (κ3) is 3.60. The number of fused-ring (bicyclic) bond motifs is 2. The molecule has 140 valence electrons. The van der Waals surface area contributed by atoms with Gasteiger partial charge in [0, 0.05) is 29.8 Å². The molecule has 0 fully saturated rings. The number of anilines is 1. The number of carbonyl (C=O) groups excluding carboxylic acids is 1. The zero-order chi connectivity index (χ0) is 19.5. The van der Waals surface area contributed by atoms with Crippen molar-refractivity contribution in [3.8, 4) is 5.75 Å². The maximum atomic E-state index is 12.7. The van der Waals surface area contributed by atoms with E-state index in [0.717, 1.165) is 21.8 Å². The Morgan fingerprint density at radius 3 is 2.50 bits per heavy atom. The minimum Gasteiger partial charge on any atom is -0.484 e. The Balaban J connectivity index is 1.51. The van der Waals surface area contributed by atoms with Crippen LogP contribution in [-0.2, 0) is 4.79 Å². The first kappa shape index (κ1) is 17.8. The van der Waals surface area contributed by atoms with Gasteiger partial charge in [0.15, 0.2) is 6.61 Å². The van der Waals surface area contributed by atoms with E-state index >= 15 is 0 Å². The highest BCUT2D eigenvalue weighted by atomic mass is 16.5. The van der Waals surface area contributed by atoms with Gasteiger partial charge in [-0.15, -0.1) is 0 Å². The zero-order valence-electron chi connectivity index (χ0n) is 15.4. The summed E-state index contributed by atoms with van der Waals surface area (Å²) in [7, 11) is 0.